The van der Waals surface area contributed by atoms with Crippen LogP contribution in [0.2, 0.25) is 10.0 Å². The monoisotopic (exact) mass is 538 g/mol. The van der Waals surface area contributed by atoms with Gasteiger partial charge in [0, 0.05) is 18.9 Å². The SMILES string of the molecule is CC(=O)Nc1ncc(S(=O)(=O)Nc2c(C(=O)O)n(Cc3ccc(Cl)c(Cl)c3)c3ccccc23)s1. The van der Waals surface area contributed by atoms with E-state index in [4.69, 9.17) is 23.2 Å². The van der Waals surface area contributed by atoms with Crippen molar-refractivity contribution in [3.05, 3.63) is 70.0 Å². The maximum atomic E-state index is 13.1. The van der Waals surface area contributed by atoms with Crippen LogP contribution in [0.1, 0.15) is 23.0 Å². The second-order valence-electron chi connectivity index (χ2n) is 7.15. The molecule has 2 heterocycles. The Morgan fingerprint density at radius 2 is 1.88 bits per heavy atom. The quantitative estimate of drug-likeness (QED) is 0.306. The highest BCUT2D eigenvalue weighted by Gasteiger charge is 2.28. The van der Waals surface area contributed by atoms with Crippen molar-refractivity contribution in [3.63, 3.8) is 0 Å². The molecular formula is C21H16Cl2N4O5S2. The lowest BCUT2D eigenvalue weighted by Crippen LogP contribution is -2.16. The van der Waals surface area contributed by atoms with Crippen LogP contribution in [-0.4, -0.2) is 35.0 Å². The Hall–Kier alpha value is -3.12. The Kier molecular flexibility index (Phi) is 6.54. The van der Waals surface area contributed by atoms with E-state index in [1.54, 1.807) is 42.5 Å². The first-order valence-corrected chi connectivity index (χ1v) is 12.7. The van der Waals surface area contributed by atoms with E-state index in [1.807, 2.05) is 0 Å². The van der Waals surface area contributed by atoms with Crippen LogP contribution in [0.3, 0.4) is 0 Å². The number of carbonyl (C=O) groups is 2. The molecule has 4 aromatic rings. The number of thiazole rings is 1. The molecule has 34 heavy (non-hydrogen) atoms. The van der Waals surface area contributed by atoms with Gasteiger partial charge < -0.3 is 15.0 Å². The van der Waals surface area contributed by atoms with Crippen molar-refractivity contribution in [1.82, 2.24) is 9.55 Å². The molecule has 9 nitrogen and oxygen atoms in total. The number of aromatic nitrogens is 2. The molecule has 0 radical (unpaired) electrons. The van der Waals surface area contributed by atoms with E-state index in [-0.39, 0.29) is 27.3 Å². The van der Waals surface area contributed by atoms with Gasteiger partial charge in [-0.3, -0.25) is 9.52 Å². The van der Waals surface area contributed by atoms with Crippen LogP contribution in [0, 0.1) is 0 Å². The van der Waals surface area contributed by atoms with Crippen molar-refractivity contribution < 1.29 is 23.1 Å². The molecule has 0 saturated carbocycles. The number of halogens is 2. The first-order valence-electron chi connectivity index (χ1n) is 9.61. The number of rotatable bonds is 7. The molecule has 0 bridgehead atoms. The smallest absolute Gasteiger partial charge is 0.354 e. The van der Waals surface area contributed by atoms with Gasteiger partial charge in [0.15, 0.2) is 15.0 Å². The summed E-state index contributed by atoms with van der Waals surface area (Å²) in [6.07, 6.45) is 1.09. The van der Waals surface area contributed by atoms with E-state index in [9.17, 15) is 23.1 Å². The molecule has 0 fully saturated rings. The van der Waals surface area contributed by atoms with Crippen LogP contribution >= 0.6 is 34.5 Å². The van der Waals surface area contributed by atoms with Gasteiger partial charge in [0.25, 0.3) is 10.0 Å². The van der Waals surface area contributed by atoms with Crippen molar-refractivity contribution in [1.29, 1.82) is 0 Å². The van der Waals surface area contributed by atoms with Crippen LogP contribution in [0.5, 0.6) is 0 Å². The summed E-state index contributed by atoms with van der Waals surface area (Å²) in [7, 11) is -4.21. The summed E-state index contributed by atoms with van der Waals surface area (Å²) < 4.78 is 29.9. The first-order chi connectivity index (χ1) is 16.1. The zero-order chi connectivity index (χ0) is 24.6. The van der Waals surface area contributed by atoms with Gasteiger partial charge >= 0.3 is 5.97 Å². The summed E-state index contributed by atoms with van der Waals surface area (Å²) in [4.78, 5) is 27.4. The largest absolute Gasteiger partial charge is 0.477 e. The van der Waals surface area contributed by atoms with Gasteiger partial charge in [-0.2, -0.15) is 0 Å². The molecule has 0 spiro atoms. The zero-order valence-electron chi connectivity index (χ0n) is 17.4. The lowest BCUT2D eigenvalue weighted by atomic mass is 10.2. The van der Waals surface area contributed by atoms with Crippen molar-refractivity contribution in [2.75, 3.05) is 10.0 Å². The second-order valence-corrected chi connectivity index (χ2v) is 10.9. The average Bonchev–Trinajstić information content (AvgIpc) is 3.34. The fraction of sp³-hybridized carbons (Fsp3) is 0.0952. The third kappa shape index (κ3) is 4.73. The van der Waals surface area contributed by atoms with Gasteiger partial charge in [0.05, 0.1) is 27.4 Å². The number of sulfonamides is 1. The molecule has 1 amide bonds. The number of fused-ring (bicyclic) bond motifs is 1. The highest BCUT2D eigenvalue weighted by Crippen LogP contribution is 2.35. The van der Waals surface area contributed by atoms with Crippen molar-refractivity contribution in [2.45, 2.75) is 17.7 Å². The number of nitrogens with zero attached hydrogens (tertiary/aromatic N) is 2. The van der Waals surface area contributed by atoms with Crippen molar-refractivity contribution in [2.24, 2.45) is 0 Å². The molecule has 176 valence electrons. The molecular weight excluding hydrogens is 523 g/mol. The topological polar surface area (TPSA) is 130 Å². The van der Waals surface area contributed by atoms with Crippen LogP contribution in [0.15, 0.2) is 52.9 Å². The minimum absolute atomic E-state index is 0.0855. The Morgan fingerprint density at radius 3 is 2.56 bits per heavy atom. The van der Waals surface area contributed by atoms with E-state index in [0.717, 1.165) is 17.5 Å². The van der Waals surface area contributed by atoms with Crippen LogP contribution in [0.25, 0.3) is 10.9 Å². The molecule has 0 aliphatic rings. The Bertz CT molecular complexity index is 1550. The molecule has 2 aromatic heterocycles. The lowest BCUT2D eigenvalue weighted by molar-refractivity contribution is -0.114. The number of benzene rings is 2. The Labute approximate surface area is 208 Å². The fourth-order valence-corrected chi connectivity index (χ4v) is 5.88. The summed E-state index contributed by atoms with van der Waals surface area (Å²) >= 11 is 12.8. The van der Waals surface area contributed by atoms with E-state index in [1.165, 1.54) is 11.5 Å². The van der Waals surface area contributed by atoms with Crippen LogP contribution < -0.4 is 10.0 Å². The predicted octanol–water partition coefficient (Wildman–Crippen LogP) is 4.91. The minimum Gasteiger partial charge on any atom is -0.477 e. The standard InChI is InChI=1S/C21H16Cl2N4O5S2/c1-11(28)25-21-24-9-17(33-21)34(31,32)26-18-13-4-2-3-5-16(13)27(19(18)20(29)30)10-12-6-7-14(22)15(23)8-12/h2-9,26H,10H2,1H3,(H,29,30)(H,24,25,28). The van der Waals surface area contributed by atoms with Crippen LogP contribution in [-0.2, 0) is 21.4 Å². The molecule has 0 unspecified atom stereocenters. The number of carboxylic acid groups (broad SMARTS) is 1. The molecule has 2 aromatic carbocycles. The predicted molar refractivity (Wildman–Crippen MR) is 132 cm³/mol. The minimum atomic E-state index is -4.21. The van der Waals surface area contributed by atoms with Gasteiger partial charge in [-0.25, -0.2) is 18.2 Å². The number of hydrogen-bond acceptors (Lipinski definition) is 6. The molecule has 4 rings (SSSR count). The van der Waals surface area contributed by atoms with E-state index in [2.05, 4.69) is 15.0 Å². The molecule has 0 aliphatic heterocycles. The summed E-state index contributed by atoms with van der Waals surface area (Å²) in [5, 5.41) is 13.6. The number of anilines is 2. The van der Waals surface area contributed by atoms with Gasteiger partial charge in [-0.1, -0.05) is 58.8 Å². The van der Waals surface area contributed by atoms with Crippen molar-refractivity contribution >= 4 is 78.2 Å². The van der Waals surface area contributed by atoms with E-state index in [0.29, 0.717) is 26.5 Å². The highest BCUT2D eigenvalue weighted by atomic mass is 35.5. The fourth-order valence-electron chi connectivity index (χ4n) is 3.39. The first kappa shape index (κ1) is 24.0. The number of carboxylic acids is 1. The molecule has 0 aliphatic carbocycles. The molecule has 0 atom stereocenters. The van der Waals surface area contributed by atoms with Gasteiger partial charge in [-0.05, 0) is 23.8 Å². The second kappa shape index (κ2) is 9.26. The summed E-state index contributed by atoms with van der Waals surface area (Å²) in [6.45, 7) is 1.38. The number of para-hydroxylation sites is 1. The summed E-state index contributed by atoms with van der Waals surface area (Å²) in [6, 6.07) is 11.6. The van der Waals surface area contributed by atoms with E-state index < -0.39 is 21.9 Å². The third-order valence-corrected chi connectivity index (χ3v) is 8.23. The van der Waals surface area contributed by atoms with Gasteiger partial charge in [0.2, 0.25) is 5.91 Å². The Balaban J connectivity index is 1.82. The number of amides is 1. The van der Waals surface area contributed by atoms with Gasteiger partial charge in [-0.15, -0.1) is 0 Å². The molecule has 0 saturated heterocycles. The maximum absolute atomic E-state index is 13.1. The maximum Gasteiger partial charge on any atom is 0.354 e. The zero-order valence-corrected chi connectivity index (χ0v) is 20.5. The number of carbonyl (C=O) groups excluding carboxylic acids is 1. The number of nitrogens with one attached hydrogen (secondary N) is 2. The van der Waals surface area contributed by atoms with Crippen LogP contribution in [0.4, 0.5) is 10.8 Å². The summed E-state index contributed by atoms with van der Waals surface area (Å²) in [5.41, 5.74) is 0.849. The Morgan fingerprint density at radius 1 is 1.15 bits per heavy atom. The average molecular weight is 539 g/mol. The van der Waals surface area contributed by atoms with E-state index >= 15 is 0 Å². The molecule has 3 N–H and O–H groups in total. The van der Waals surface area contributed by atoms with Gasteiger partial charge in [0.1, 0.15) is 0 Å². The normalized spacial score (nSPS) is 11.5. The summed E-state index contributed by atoms with van der Waals surface area (Å²) in [5.74, 6) is -1.72. The van der Waals surface area contributed by atoms with Crippen molar-refractivity contribution in [3.8, 4) is 0 Å². The third-order valence-electron chi connectivity index (χ3n) is 4.77. The highest BCUT2D eigenvalue weighted by molar-refractivity contribution is 7.94. The lowest BCUT2D eigenvalue weighted by Gasteiger charge is -2.11. The number of aromatic carboxylic acids is 1. The number of hydrogen-bond donors (Lipinski definition) is 3. The molecule has 13 heteroatoms.